The third kappa shape index (κ3) is 2.95. The normalized spacial score (nSPS) is 10.4. The number of oxazole rings is 1. The Kier molecular flexibility index (Phi) is 3.57. The fraction of sp³-hybridized carbons (Fsp3) is 0. The molecule has 6 heteroatoms. The number of hydrogen-bond acceptors (Lipinski definition) is 4. The fourth-order valence-electron chi connectivity index (χ4n) is 1.88. The minimum Gasteiger partial charge on any atom is -0.508 e. The van der Waals surface area contributed by atoms with Gasteiger partial charge in [-0.05, 0) is 42.5 Å². The monoisotopic (exact) mass is 298 g/mol. The second kappa shape index (κ2) is 5.69. The molecule has 1 aromatic heterocycles. The molecule has 3 rings (SSSR count). The first-order valence-corrected chi connectivity index (χ1v) is 6.44. The van der Waals surface area contributed by atoms with Crippen molar-refractivity contribution in [2.24, 2.45) is 0 Å². The molecule has 0 aliphatic rings. The largest absolute Gasteiger partial charge is 0.508 e. The number of hydrogen-bond donors (Lipinski definition) is 2. The number of rotatable bonds is 3. The van der Waals surface area contributed by atoms with Gasteiger partial charge in [-0.25, -0.2) is 9.37 Å². The Labute approximate surface area is 125 Å². The standard InChI is InChI=1S/C16H11FN2O3/c17-11-2-1-3-12(8-11)19-15(21)14-9-18-16(22-14)10-4-6-13(20)7-5-10/h1-9,20H,(H,19,21). The lowest BCUT2D eigenvalue weighted by Crippen LogP contribution is -2.10. The summed E-state index contributed by atoms with van der Waals surface area (Å²) in [5.41, 5.74) is 0.954. The maximum absolute atomic E-state index is 13.1. The van der Waals surface area contributed by atoms with Gasteiger partial charge in [-0.3, -0.25) is 4.79 Å². The molecule has 0 aliphatic heterocycles. The molecule has 22 heavy (non-hydrogen) atoms. The molecule has 3 aromatic rings. The van der Waals surface area contributed by atoms with Crippen LogP contribution in [0.25, 0.3) is 11.5 Å². The number of carbonyl (C=O) groups is 1. The first-order chi connectivity index (χ1) is 10.6. The average Bonchev–Trinajstić information content (AvgIpc) is 2.98. The highest BCUT2D eigenvalue weighted by atomic mass is 19.1. The van der Waals surface area contributed by atoms with Gasteiger partial charge < -0.3 is 14.8 Å². The van der Waals surface area contributed by atoms with Crippen molar-refractivity contribution in [3.63, 3.8) is 0 Å². The van der Waals surface area contributed by atoms with Gasteiger partial charge in [-0.15, -0.1) is 0 Å². The molecule has 0 spiro atoms. The first-order valence-electron chi connectivity index (χ1n) is 6.44. The third-order valence-electron chi connectivity index (χ3n) is 2.93. The lowest BCUT2D eigenvalue weighted by molar-refractivity contribution is 0.0997. The molecular formula is C16H11FN2O3. The van der Waals surface area contributed by atoms with Crippen molar-refractivity contribution in [2.75, 3.05) is 5.32 Å². The molecule has 0 saturated carbocycles. The van der Waals surface area contributed by atoms with Crippen molar-refractivity contribution >= 4 is 11.6 Å². The van der Waals surface area contributed by atoms with E-state index in [2.05, 4.69) is 10.3 Å². The number of nitrogens with zero attached hydrogens (tertiary/aromatic N) is 1. The number of amides is 1. The van der Waals surface area contributed by atoms with Crippen LogP contribution in [-0.4, -0.2) is 16.0 Å². The van der Waals surface area contributed by atoms with Gasteiger partial charge in [0.15, 0.2) is 0 Å². The Morgan fingerprint density at radius 1 is 1.18 bits per heavy atom. The molecule has 0 atom stereocenters. The van der Waals surface area contributed by atoms with Gasteiger partial charge in [0.2, 0.25) is 11.7 Å². The Hall–Kier alpha value is -3.15. The van der Waals surface area contributed by atoms with E-state index in [4.69, 9.17) is 4.42 Å². The van der Waals surface area contributed by atoms with Crippen molar-refractivity contribution in [1.29, 1.82) is 0 Å². The number of aromatic nitrogens is 1. The molecule has 0 unspecified atom stereocenters. The molecule has 110 valence electrons. The highest BCUT2D eigenvalue weighted by molar-refractivity contribution is 6.02. The van der Waals surface area contributed by atoms with E-state index in [0.717, 1.165) is 0 Å². The van der Waals surface area contributed by atoms with Crippen LogP contribution in [0.5, 0.6) is 5.75 Å². The molecular weight excluding hydrogens is 287 g/mol. The van der Waals surface area contributed by atoms with Gasteiger partial charge in [-0.1, -0.05) is 6.07 Å². The van der Waals surface area contributed by atoms with E-state index in [1.807, 2.05) is 0 Å². The van der Waals surface area contributed by atoms with Crippen LogP contribution in [-0.2, 0) is 0 Å². The summed E-state index contributed by atoms with van der Waals surface area (Å²) in [6, 6.07) is 11.8. The number of anilines is 1. The van der Waals surface area contributed by atoms with Crippen LogP contribution >= 0.6 is 0 Å². The zero-order valence-electron chi connectivity index (χ0n) is 11.3. The fourth-order valence-corrected chi connectivity index (χ4v) is 1.88. The zero-order chi connectivity index (χ0) is 15.5. The Morgan fingerprint density at radius 3 is 2.68 bits per heavy atom. The third-order valence-corrected chi connectivity index (χ3v) is 2.93. The van der Waals surface area contributed by atoms with Gasteiger partial charge in [-0.2, -0.15) is 0 Å². The summed E-state index contributed by atoms with van der Waals surface area (Å²) in [6.07, 6.45) is 1.29. The molecule has 1 amide bonds. The summed E-state index contributed by atoms with van der Waals surface area (Å²) < 4.78 is 18.4. The maximum atomic E-state index is 13.1. The molecule has 0 fully saturated rings. The van der Waals surface area contributed by atoms with E-state index < -0.39 is 11.7 Å². The van der Waals surface area contributed by atoms with E-state index >= 15 is 0 Å². The van der Waals surface area contributed by atoms with Crippen molar-refractivity contribution < 1.29 is 18.7 Å². The smallest absolute Gasteiger partial charge is 0.293 e. The summed E-state index contributed by atoms with van der Waals surface area (Å²) in [4.78, 5) is 16.0. The summed E-state index contributed by atoms with van der Waals surface area (Å²) >= 11 is 0. The number of aromatic hydroxyl groups is 1. The molecule has 0 bridgehead atoms. The zero-order valence-corrected chi connectivity index (χ0v) is 11.3. The minimum atomic E-state index is -0.525. The topological polar surface area (TPSA) is 75.4 Å². The summed E-state index contributed by atoms with van der Waals surface area (Å²) in [5, 5.41) is 11.8. The van der Waals surface area contributed by atoms with E-state index in [1.165, 1.54) is 36.5 Å². The predicted molar refractivity (Wildman–Crippen MR) is 78.0 cm³/mol. The SMILES string of the molecule is O=C(Nc1cccc(F)c1)c1cnc(-c2ccc(O)cc2)o1. The lowest BCUT2D eigenvalue weighted by Gasteiger charge is -2.02. The summed E-state index contributed by atoms with van der Waals surface area (Å²) in [7, 11) is 0. The molecule has 1 heterocycles. The van der Waals surface area contributed by atoms with Crippen LogP contribution in [0.2, 0.25) is 0 Å². The number of nitrogens with one attached hydrogen (secondary N) is 1. The minimum absolute atomic E-state index is 0.00679. The second-order valence-electron chi connectivity index (χ2n) is 4.54. The molecule has 0 aliphatic carbocycles. The van der Waals surface area contributed by atoms with Crippen molar-refractivity contribution in [1.82, 2.24) is 4.98 Å². The van der Waals surface area contributed by atoms with Crippen LogP contribution in [0.3, 0.4) is 0 Å². The maximum Gasteiger partial charge on any atom is 0.293 e. The lowest BCUT2D eigenvalue weighted by atomic mass is 10.2. The number of halogens is 1. The van der Waals surface area contributed by atoms with Crippen LogP contribution < -0.4 is 5.32 Å². The van der Waals surface area contributed by atoms with E-state index in [9.17, 15) is 14.3 Å². The van der Waals surface area contributed by atoms with Crippen LogP contribution in [0.4, 0.5) is 10.1 Å². The Balaban J connectivity index is 1.78. The average molecular weight is 298 g/mol. The number of phenols is 1. The van der Waals surface area contributed by atoms with Gasteiger partial charge in [0, 0.05) is 11.3 Å². The number of carbonyl (C=O) groups excluding carboxylic acids is 1. The van der Waals surface area contributed by atoms with Crippen LogP contribution in [0.1, 0.15) is 10.6 Å². The van der Waals surface area contributed by atoms with E-state index in [-0.39, 0.29) is 17.4 Å². The molecule has 0 radical (unpaired) electrons. The number of benzene rings is 2. The van der Waals surface area contributed by atoms with Crippen molar-refractivity contribution in [3.05, 3.63) is 66.3 Å². The highest BCUT2D eigenvalue weighted by Gasteiger charge is 2.14. The Morgan fingerprint density at radius 2 is 1.95 bits per heavy atom. The van der Waals surface area contributed by atoms with Gasteiger partial charge in [0.05, 0.1) is 6.20 Å². The first kappa shape index (κ1) is 13.8. The van der Waals surface area contributed by atoms with E-state index in [0.29, 0.717) is 11.3 Å². The highest BCUT2D eigenvalue weighted by Crippen LogP contribution is 2.22. The predicted octanol–water partition coefficient (Wildman–Crippen LogP) is 3.44. The second-order valence-corrected chi connectivity index (χ2v) is 4.54. The summed E-state index contributed by atoms with van der Waals surface area (Å²) in [5.74, 6) is -0.584. The quantitative estimate of drug-likeness (QED) is 0.776. The van der Waals surface area contributed by atoms with Crippen LogP contribution in [0, 0.1) is 5.82 Å². The molecule has 5 nitrogen and oxygen atoms in total. The Bertz CT molecular complexity index is 812. The number of phenolic OH excluding ortho intramolecular Hbond substituents is 1. The van der Waals surface area contributed by atoms with Crippen LogP contribution in [0.15, 0.2) is 59.1 Å². The molecule has 0 saturated heterocycles. The molecule has 2 aromatic carbocycles. The van der Waals surface area contributed by atoms with Crippen molar-refractivity contribution in [3.8, 4) is 17.2 Å². The van der Waals surface area contributed by atoms with Gasteiger partial charge in [0.25, 0.3) is 5.91 Å². The summed E-state index contributed by atoms with van der Waals surface area (Å²) in [6.45, 7) is 0. The van der Waals surface area contributed by atoms with Gasteiger partial charge >= 0.3 is 0 Å². The molecule has 2 N–H and O–H groups in total. The van der Waals surface area contributed by atoms with E-state index in [1.54, 1.807) is 18.2 Å². The van der Waals surface area contributed by atoms with Crippen molar-refractivity contribution in [2.45, 2.75) is 0 Å². The van der Waals surface area contributed by atoms with Gasteiger partial charge in [0.1, 0.15) is 11.6 Å².